The first-order valence-corrected chi connectivity index (χ1v) is 10.8. The van der Waals surface area contributed by atoms with Crippen LogP contribution in [0, 0.1) is 0 Å². The van der Waals surface area contributed by atoms with E-state index in [0.29, 0.717) is 25.9 Å². The number of nitrogens with one attached hydrogen (secondary N) is 1. The summed E-state index contributed by atoms with van der Waals surface area (Å²) in [5, 5.41) is 3.05. The van der Waals surface area contributed by atoms with Crippen molar-refractivity contribution in [3.63, 3.8) is 0 Å². The number of amides is 2. The first kappa shape index (κ1) is 19.5. The van der Waals surface area contributed by atoms with Crippen molar-refractivity contribution in [3.8, 4) is 0 Å². The Morgan fingerprint density at radius 1 is 1.23 bits per heavy atom. The molecule has 0 bridgehead atoms. The van der Waals surface area contributed by atoms with Crippen molar-refractivity contribution >= 4 is 17.5 Å². The molecule has 1 saturated heterocycles. The van der Waals surface area contributed by atoms with Gasteiger partial charge in [0, 0.05) is 56.4 Å². The molecule has 1 N–H and O–H groups in total. The fourth-order valence-electron chi connectivity index (χ4n) is 5.17. The number of hydrogen-bond acceptors (Lipinski definition) is 4. The third-order valence-corrected chi connectivity index (χ3v) is 6.59. The highest BCUT2D eigenvalue weighted by Gasteiger charge is 2.59. The lowest BCUT2D eigenvalue weighted by atomic mass is 9.73. The molecule has 2 aliphatic rings. The summed E-state index contributed by atoms with van der Waals surface area (Å²) < 4.78 is 2.03. The molecule has 0 saturated carbocycles. The van der Waals surface area contributed by atoms with Crippen LogP contribution in [-0.4, -0.2) is 37.8 Å². The zero-order valence-electron chi connectivity index (χ0n) is 17.5. The van der Waals surface area contributed by atoms with Gasteiger partial charge in [0.15, 0.2) is 0 Å². The van der Waals surface area contributed by atoms with E-state index in [0.717, 1.165) is 29.1 Å². The number of nitrogens with zero attached hydrogens (tertiary/aromatic N) is 4. The Hall–Kier alpha value is -3.48. The number of aromatic nitrogens is 3. The first-order valence-electron chi connectivity index (χ1n) is 10.8. The van der Waals surface area contributed by atoms with Crippen LogP contribution in [0.15, 0.2) is 61.2 Å². The van der Waals surface area contributed by atoms with Gasteiger partial charge >= 0.3 is 0 Å². The lowest BCUT2D eigenvalue weighted by Gasteiger charge is -2.34. The standard InChI is InChI=1S/C24H25N5O2/c1-2-20-26-12-15-28(20)13-9-21(30)29-14-10-24(22(29)17-6-5-11-25-16-17)18-7-3-4-8-19(18)27-23(24)31/h3-8,11-12,15-16,22H,2,9-10,13-14H2,1H3,(H,27,31). The molecule has 0 aliphatic carbocycles. The number of para-hydroxylation sites is 1. The number of hydrogen-bond donors (Lipinski definition) is 1. The van der Waals surface area contributed by atoms with Gasteiger partial charge in [0.05, 0.1) is 6.04 Å². The quantitative estimate of drug-likeness (QED) is 0.694. The second kappa shape index (κ2) is 7.65. The summed E-state index contributed by atoms with van der Waals surface area (Å²) in [5.41, 5.74) is 1.89. The van der Waals surface area contributed by atoms with E-state index < -0.39 is 5.41 Å². The van der Waals surface area contributed by atoms with Crippen LogP contribution >= 0.6 is 0 Å². The minimum absolute atomic E-state index is 0.0404. The van der Waals surface area contributed by atoms with Gasteiger partial charge in [-0.2, -0.15) is 0 Å². The molecule has 7 nitrogen and oxygen atoms in total. The number of pyridine rings is 1. The summed E-state index contributed by atoms with van der Waals surface area (Å²) >= 11 is 0. The van der Waals surface area contributed by atoms with Crippen LogP contribution in [0.2, 0.25) is 0 Å². The zero-order valence-corrected chi connectivity index (χ0v) is 17.5. The average molecular weight is 415 g/mol. The second-order valence-corrected chi connectivity index (χ2v) is 8.14. The van der Waals surface area contributed by atoms with E-state index in [4.69, 9.17) is 0 Å². The highest BCUT2D eigenvalue weighted by Crippen LogP contribution is 2.54. The van der Waals surface area contributed by atoms with E-state index in [2.05, 4.69) is 22.2 Å². The van der Waals surface area contributed by atoms with Crippen LogP contribution in [0.4, 0.5) is 5.69 Å². The summed E-state index contributed by atoms with van der Waals surface area (Å²) in [6.07, 6.45) is 8.95. The summed E-state index contributed by atoms with van der Waals surface area (Å²) in [5.74, 6) is 0.970. The molecule has 4 heterocycles. The van der Waals surface area contributed by atoms with Crippen LogP contribution in [0.25, 0.3) is 0 Å². The molecule has 2 aliphatic heterocycles. The third-order valence-electron chi connectivity index (χ3n) is 6.59. The van der Waals surface area contributed by atoms with Gasteiger partial charge in [0.2, 0.25) is 11.8 Å². The van der Waals surface area contributed by atoms with Gasteiger partial charge in [-0.05, 0) is 29.7 Å². The monoisotopic (exact) mass is 415 g/mol. The van der Waals surface area contributed by atoms with E-state index in [1.165, 1.54) is 0 Å². The minimum atomic E-state index is -0.793. The maximum atomic E-state index is 13.4. The van der Waals surface area contributed by atoms with Crippen LogP contribution < -0.4 is 5.32 Å². The van der Waals surface area contributed by atoms with Gasteiger partial charge in [-0.1, -0.05) is 31.2 Å². The molecule has 0 radical (unpaired) electrons. The smallest absolute Gasteiger partial charge is 0.237 e. The molecular weight excluding hydrogens is 390 g/mol. The Morgan fingerprint density at radius 2 is 2.10 bits per heavy atom. The number of fused-ring (bicyclic) bond motifs is 2. The van der Waals surface area contributed by atoms with Crippen LogP contribution in [0.3, 0.4) is 0 Å². The number of rotatable bonds is 5. The Morgan fingerprint density at radius 3 is 2.90 bits per heavy atom. The number of aryl methyl sites for hydroxylation is 2. The molecule has 1 spiro atoms. The van der Waals surface area contributed by atoms with Gasteiger partial charge in [0.25, 0.3) is 0 Å². The summed E-state index contributed by atoms with van der Waals surface area (Å²) in [6.45, 7) is 3.16. The maximum absolute atomic E-state index is 13.4. The number of carbonyl (C=O) groups excluding carboxylic acids is 2. The maximum Gasteiger partial charge on any atom is 0.237 e. The highest BCUT2D eigenvalue weighted by molar-refractivity contribution is 6.07. The number of carbonyl (C=O) groups is 2. The van der Waals surface area contributed by atoms with Crippen LogP contribution in [0.1, 0.15) is 42.8 Å². The van der Waals surface area contributed by atoms with Crippen molar-refractivity contribution in [3.05, 3.63) is 78.1 Å². The van der Waals surface area contributed by atoms with E-state index in [1.54, 1.807) is 18.6 Å². The molecule has 5 rings (SSSR count). The van der Waals surface area contributed by atoms with Gasteiger partial charge in [-0.15, -0.1) is 0 Å². The minimum Gasteiger partial charge on any atom is -0.334 e. The molecule has 2 unspecified atom stereocenters. The van der Waals surface area contributed by atoms with E-state index >= 15 is 0 Å². The average Bonchev–Trinajstić information content (AvgIpc) is 3.50. The van der Waals surface area contributed by atoms with Gasteiger partial charge in [-0.3, -0.25) is 14.6 Å². The van der Waals surface area contributed by atoms with E-state index in [1.807, 2.05) is 52.1 Å². The Balaban J connectivity index is 1.50. The van der Waals surface area contributed by atoms with Gasteiger partial charge < -0.3 is 14.8 Å². The number of benzene rings is 1. The summed E-state index contributed by atoms with van der Waals surface area (Å²) in [4.78, 5) is 37.3. The Kier molecular flexibility index (Phi) is 4.81. The normalized spacial score (nSPS) is 22.0. The molecule has 1 fully saturated rings. The number of anilines is 1. The molecule has 2 atom stereocenters. The molecular formula is C24H25N5O2. The topological polar surface area (TPSA) is 80.1 Å². The predicted octanol–water partition coefficient (Wildman–Crippen LogP) is 3.09. The van der Waals surface area contributed by atoms with Crippen molar-refractivity contribution < 1.29 is 9.59 Å². The van der Waals surface area contributed by atoms with E-state index in [-0.39, 0.29) is 17.9 Å². The molecule has 2 amide bonds. The lowest BCUT2D eigenvalue weighted by molar-refractivity contribution is -0.133. The van der Waals surface area contributed by atoms with Crippen LogP contribution in [-0.2, 0) is 28.0 Å². The Bertz CT molecular complexity index is 1130. The molecule has 1 aromatic carbocycles. The van der Waals surface area contributed by atoms with E-state index in [9.17, 15) is 9.59 Å². The van der Waals surface area contributed by atoms with Crippen molar-refractivity contribution in [1.29, 1.82) is 0 Å². The largest absolute Gasteiger partial charge is 0.334 e. The van der Waals surface area contributed by atoms with Crippen molar-refractivity contribution in [2.45, 2.75) is 44.2 Å². The third kappa shape index (κ3) is 3.03. The van der Waals surface area contributed by atoms with Crippen molar-refractivity contribution in [2.24, 2.45) is 0 Å². The molecule has 7 heteroatoms. The van der Waals surface area contributed by atoms with Gasteiger partial charge in [-0.25, -0.2) is 4.98 Å². The predicted molar refractivity (Wildman–Crippen MR) is 116 cm³/mol. The van der Waals surface area contributed by atoms with Crippen LogP contribution in [0.5, 0.6) is 0 Å². The first-order chi connectivity index (χ1) is 15.1. The Labute approximate surface area is 181 Å². The van der Waals surface area contributed by atoms with Gasteiger partial charge in [0.1, 0.15) is 11.2 Å². The summed E-state index contributed by atoms with van der Waals surface area (Å²) in [6, 6.07) is 11.3. The molecule has 2 aromatic heterocycles. The summed E-state index contributed by atoms with van der Waals surface area (Å²) in [7, 11) is 0. The number of likely N-dealkylation sites (tertiary alicyclic amines) is 1. The second-order valence-electron chi connectivity index (χ2n) is 8.14. The zero-order chi connectivity index (χ0) is 21.4. The fraction of sp³-hybridized carbons (Fsp3) is 0.333. The molecule has 3 aromatic rings. The lowest BCUT2D eigenvalue weighted by Crippen LogP contribution is -2.42. The fourth-order valence-corrected chi connectivity index (χ4v) is 5.17. The van der Waals surface area contributed by atoms with Crippen molar-refractivity contribution in [2.75, 3.05) is 11.9 Å². The molecule has 31 heavy (non-hydrogen) atoms. The highest BCUT2D eigenvalue weighted by atomic mass is 16.2. The number of imidazole rings is 1. The van der Waals surface area contributed by atoms with Crippen molar-refractivity contribution in [1.82, 2.24) is 19.4 Å². The molecule has 158 valence electrons. The SMILES string of the molecule is CCc1nccn1CCC(=O)N1CCC2(C(=O)Nc3ccccc32)C1c1cccnc1.